The van der Waals surface area contributed by atoms with E-state index < -0.39 is 0 Å². The average molecular weight is 439 g/mol. The zero-order valence-electron chi connectivity index (χ0n) is 19.4. The molecule has 0 radical (unpaired) electrons. The Labute approximate surface area is 186 Å². The summed E-state index contributed by atoms with van der Waals surface area (Å²) in [6.45, 7) is 10.3. The first-order chi connectivity index (χ1) is 14.5. The van der Waals surface area contributed by atoms with Crippen molar-refractivity contribution in [1.29, 1.82) is 0 Å². The van der Waals surface area contributed by atoms with Crippen molar-refractivity contribution < 1.29 is 5.11 Å². The highest BCUT2D eigenvalue weighted by atomic mass is 32.2. The molecule has 0 bridgehead atoms. The molecule has 0 saturated heterocycles. The van der Waals surface area contributed by atoms with Gasteiger partial charge in [-0.2, -0.15) is 0 Å². The molecule has 8 heteroatoms. The molecular weight excluding hydrogens is 396 g/mol. The summed E-state index contributed by atoms with van der Waals surface area (Å²) < 4.78 is 2.26. The summed E-state index contributed by atoms with van der Waals surface area (Å²) in [5.41, 5.74) is 0.177. The molecule has 1 aromatic heterocycles. The van der Waals surface area contributed by atoms with E-state index in [1.54, 1.807) is 11.8 Å². The topological polar surface area (TPSA) is 87.4 Å². The maximum Gasteiger partial charge on any atom is 0.191 e. The van der Waals surface area contributed by atoms with Crippen molar-refractivity contribution in [3.63, 3.8) is 0 Å². The van der Waals surface area contributed by atoms with E-state index in [2.05, 4.69) is 52.4 Å². The molecule has 2 rings (SSSR count). The average Bonchev–Trinajstić information content (AvgIpc) is 3.11. The minimum Gasteiger partial charge on any atom is -0.396 e. The third-order valence-corrected chi connectivity index (χ3v) is 6.53. The first-order valence-electron chi connectivity index (χ1n) is 11.6. The van der Waals surface area contributed by atoms with Crippen molar-refractivity contribution in [2.75, 3.05) is 32.5 Å². The van der Waals surface area contributed by atoms with Crippen LogP contribution in [0.1, 0.15) is 71.5 Å². The fourth-order valence-electron chi connectivity index (χ4n) is 4.27. The van der Waals surface area contributed by atoms with Gasteiger partial charge >= 0.3 is 0 Å². The van der Waals surface area contributed by atoms with Gasteiger partial charge in [-0.05, 0) is 50.2 Å². The van der Waals surface area contributed by atoms with Crippen molar-refractivity contribution in [2.45, 2.75) is 83.8 Å². The van der Waals surface area contributed by atoms with Gasteiger partial charge in [0.25, 0.3) is 0 Å². The van der Waals surface area contributed by atoms with E-state index in [0.717, 1.165) is 62.4 Å². The number of aliphatic hydroxyl groups excluding tert-OH is 1. The minimum atomic E-state index is 0.177. The lowest BCUT2D eigenvalue weighted by Crippen LogP contribution is -2.39. The Bertz CT molecular complexity index is 634. The van der Waals surface area contributed by atoms with Crippen LogP contribution in [0.2, 0.25) is 0 Å². The van der Waals surface area contributed by atoms with Crippen molar-refractivity contribution in [3.8, 4) is 0 Å². The smallest absolute Gasteiger partial charge is 0.191 e. The van der Waals surface area contributed by atoms with E-state index in [0.29, 0.717) is 5.92 Å². The normalized spacial score (nSPS) is 16.8. The molecule has 0 aliphatic heterocycles. The predicted molar refractivity (Wildman–Crippen MR) is 126 cm³/mol. The molecule has 7 nitrogen and oxygen atoms in total. The monoisotopic (exact) mass is 438 g/mol. The molecule has 3 N–H and O–H groups in total. The maximum absolute atomic E-state index is 9.54. The van der Waals surface area contributed by atoms with Gasteiger partial charge < -0.3 is 20.3 Å². The van der Waals surface area contributed by atoms with Gasteiger partial charge in [0.1, 0.15) is 5.82 Å². The molecule has 1 aliphatic rings. The molecule has 0 amide bonds. The summed E-state index contributed by atoms with van der Waals surface area (Å²) in [5.74, 6) is 2.53. The van der Waals surface area contributed by atoms with Gasteiger partial charge in [0.05, 0.1) is 0 Å². The van der Waals surface area contributed by atoms with E-state index in [4.69, 9.17) is 4.99 Å². The van der Waals surface area contributed by atoms with Crippen LogP contribution in [0.5, 0.6) is 0 Å². The number of nitrogens with one attached hydrogen (secondary N) is 2. The van der Waals surface area contributed by atoms with E-state index in [1.807, 2.05) is 0 Å². The van der Waals surface area contributed by atoms with Gasteiger partial charge in [0.2, 0.25) is 0 Å². The molecular formula is C22H42N6OS. The number of aryl methyl sites for hydroxylation is 1. The Morgan fingerprint density at radius 2 is 2.00 bits per heavy atom. The van der Waals surface area contributed by atoms with E-state index in [9.17, 15) is 5.11 Å². The fourth-order valence-corrected chi connectivity index (χ4v) is 4.79. The van der Waals surface area contributed by atoms with Crippen LogP contribution in [0.25, 0.3) is 0 Å². The number of hydrogen-bond acceptors (Lipinski definition) is 5. The Morgan fingerprint density at radius 1 is 1.23 bits per heavy atom. The van der Waals surface area contributed by atoms with Crippen LogP contribution in [0, 0.1) is 11.3 Å². The lowest BCUT2D eigenvalue weighted by Gasteiger charge is -2.35. The van der Waals surface area contributed by atoms with Gasteiger partial charge in [-0.15, -0.1) is 10.2 Å². The number of aromatic nitrogens is 3. The zero-order valence-corrected chi connectivity index (χ0v) is 20.2. The molecule has 172 valence electrons. The quantitative estimate of drug-likeness (QED) is 0.200. The first-order valence-corrected chi connectivity index (χ1v) is 12.8. The van der Waals surface area contributed by atoms with Crippen molar-refractivity contribution in [1.82, 2.24) is 25.4 Å². The predicted octanol–water partition coefficient (Wildman–Crippen LogP) is 3.48. The van der Waals surface area contributed by atoms with Gasteiger partial charge in [0, 0.05) is 39.2 Å². The zero-order chi connectivity index (χ0) is 21.8. The molecule has 1 heterocycles. The molecule has 1 saturated carbocycles. The molecule has 1 fully saturated rings. The molecule has 1 aromatic rings. The Balaban J connectivity index is 1.89. The second kappa shape index (κ2) is 13.2. The van der Waals surface area contributed by atoms with Crippen molar-refractivity contribution in [3.05, 3.63) is 5.82 Å². The summed E-state index contributed by atoms with van der Waals surface area (Å²) in [6, 6.07) is 0. The highest BCUT2D eigenvalue weighted by molar-refractivity contribution is 7.98. The lowest BCUT2D eigenvalue weighted by molar-refractivity contribution is 0.137. The summed E-state index contributed by atoms with van der Waals surface area (Å²) in [6.07, 6.45) is 11.0. The van der Waals surface area contributed by atoms with Gasteiger partial charge in [-0.25, -0.2) is 0 Å². The lowest BCUT2D eigenvalue weighted by atomic mass is 9.72. The number of guanidine groups is 1. The fraction of sp³-hybridized carbons (Fsp3) is 0.864. The van der Waals surface area contributed by atoms with Crippen molar-refractivity contribution in [2.24, 2.45) is 16.3 Å². The van der Waals surface area contributed by atoms with Crippen LogP contribution < -0.4 is 10.6 Å². The standard InChI is InChI=1S/C22H42N6OS/c1-5-23-20(25-17-22(13-15-29)11-7-6-8-12-22)24-14-9-10-19-26-27-21(30-4)28(19)16-18(2)3/h18,29H,5-17H2,1-4H3,(H2,23,24,25). The van der Waals surface area contributed by atoms with Gasteiger partial charge in [0.15, 0.2) is 11.1 Å². The first kappa shape index (κ1) is 25.0. The number of nitrogens with zero attached hydrogens (tertiary/aromatic N) is 4. The summed E-state index contributed by atoms with van der Waals surface area (Å²) in [4.78, 5) is 4.89. The molecule has 30 heavy (non-hydrogen) atoms. The number of rotatable bonds is 12. The Hall–Kier alpha value is -1.28. The number of thioether (sulfide) groups is 1. The molecule has 0 atom stereocenters. The second-order valence-corrected chi connectivity index (χ2v) is 9.64. The highest BCUT2D eigenvalue weighted by Crippen LogP contribution is 2.39. The third-order valence-electron chi connectivity index (χ3n) is 5.87. The van der Waals surface area contributed by atoms with E-state index >= 15 is 0 Å². The maximum atomic E-state index is 9.54. The number of aliphatic hydroxyl groups is 1. The largest absolute Gasteiger partial charge is 0.396 e. The summed E-state index contributed by atoms with van der Waals surface area (Å²) in [5, 5.41) is 26.1. The third kappa shape index (κ3) is 7.76. The van der Waals surface area contributed by atoms with Crippen LogP contribution in [0.3, 0.4) is 0 Å². The molecule has 1 aliphatic carbocycles. The van der Waals surface area contributed by atoms with Gasteiger partial charge in [-0.1, -0.05) is 44.9 Å². The van der Waals surface area contributed by atoms with Crippen LogP contribution in [0.4, 0.5) is 0 Å². The number of hydrogen-bond donors (Lipinski definition) is 3. The van der Waals surface area contributed by atoms with Crippen LogP contribution in [0.15, 0.2) is 10.1 Å². The van der Waals surface area contributed by atoms with Crippen LogP contribution >= 0.6 is 11.8 Å². The minimum absolute atomic E-state index is 0.177. The van der Waals surface area contributed by atoms with Crippen LogP contribution in [-0.4, -0.2) is 58.3 Å². The van der Waals surface area contributed by atoms with E-state index in [-0.39, 0.29) is 12.0 Å². The number of aliphatic imine (C=N–C) groups is 1. The summed E-state index contributed by atoms with van der Waals surface area (Å²) in [7, 11) is 0. The Morgan fingerprint density at radius 3 is 2.63 bits per heavy atom. The van der Waals surface area contributed by atoms with Crippen molar-refractivity contribution >= 4 is 17.7 Å². The van der Waals surface area contributed by atoms with Gasteiger partial charge in [-0.3, -0.25) is 4.99 Å². The highest BCUT2D eigenvalue weighted by Gasteiger charge is 2.31. The molecule has 0 unspecified atom stereocenters. The Kier molecular flexibility index (Phi) is 11.0. The van der Waals surface area contributed by atoms with Crippen LogP contribution in [-0.2, 0) is 13.0 Å². The SMILES string of the molecule is CCNC(=NCC1(CCO)CCCCC1)NCCCc1nnc(SC)n1CC(C)C. The summed E-state index contributed by atoms with van der Waals surface area (Å²) >= 11 is 1.66. The second-order valence-electron chi connectivity index (χ2n) is 8.87. The molecule has 0 spiro atoms. The molecule has 0 aromatic carbocycles. The van der Waals surface area contributed by atoms with E-state index in [1.165, 1.54) is 32.1 Å².